The smallest absolute Gasteiger partial charge is 0.253 e. The third kappa shape index (κ3) is 3.70. The maximum absolute atomic E-state index is 11.6. The summed E-state index contributed by atoms with van der Waals surface area (Å²) in [7, 11) is 1.42. The van der Waals surface area contributed by atoms with E-state index in [1.807, 2.05) is 6.07 Å². The van der Waals surface area contributed by atoms with Crippen LogP contribution in [0.25, 0.3) is 0 Å². The van der Waals surface area contributed by atoms with Gasteiger partial charge in [0.2, 0.25) is 0 Å². The maximum atomic E-state index is 11.6. The Balaban J connectivity index is 2.63. The van der Waals surface area contributed by atoms with Crippen LogP contribution < -0.4 is 5.32 Å². The second-order valence-electron chi connectivity index (χ2n) is 2.83. The van der Waals surface area contributed by atoms with Crippen molar-refractivity contribution in [2.24, 2.45) is 0 Å². The fraction of sp³-hybridized carbons (Fsp3) is 0.300. The number of rotatable bonds is 4. The minimum atomic E-state index is -0.803. The van der Waals surface area contributed by atoms with Crippen molar-refractivity contribution in [3.8, 4) is 0 Å². The summed E-state index contributed by atoms with van der Waals surface area (Å²) in [6.45, 7) is 0. The topological polar surface area (TPSA) is 38.3 Å². The average molecular weight is 248 g/mol. The van der Waals surface area contributed by atoms with Gasteiger partial charge in [0.05, 0.1) is 0 Å². The molecular weight excluding hydrogens is 237 g/mol. The lowest BCUT2D eigenvalue weighted by Gasteiger charge is -2.17. The molecule has 1 aromatic carbocycles. The van der Waals surface area contributed by atoms with Crippen LogP contribution in [-0.4, -0.2) is 24.1 Å². The van der Waals surface area contributed by atoms with Crippen molar-refractivity contribution in [3.05, 3.63) is 35.9 Å². The molecule has 0 aliphatic rings. The first-order valence-corrected chi connectivity index (χ1v) is 5.19. The molecule has 0 saturated carbocycles. The Labute approximate surface area is 98.3 Å². The number of hydrogen-bond acceptors (Lipinski definition) is 2. The first kappa shape index (κ1) is 12.3. The molecule has 0 heterocycles. The molecule has 1 aromatic rings. The van der Waals surface area contributed by atoms with E-state index in [2.05, 4.69) is 5.32 Å². The number of benzene rings is 1. The van der Waals surface area contributed by atoms with Gasteiger partial charge in [0.15, 0.2) is 11.1 Å². The lowest BCUT2D eigenvalue weighted by atomic mass is 10.2. The number of halogens is 2. The largest absolute Gasteiger partial charge is 0.359 e. The van der Waals surface area contributed by atoms with Crippen molar-refractivity contribution < 1.29 is 9.53 Å². The highest BCUT2D eigenvalue weighted by molar-refractivity contribution is 6.44. The molecule has 0 aliphatic heterocycles. The molecule has 0 fully saturated rings. The first-order chi connectivity index (χ1) is 7.15. The Morgan fingerprint density at radius 2 is 1.93 bits per heavy atom. The molecule has 0 aromatic heterocycles. The number of nitrogens with one attached hydrogen (secondary N) is 1. The first-order valence-electron chi connectivity index (χ1n) is 4.32. The summed E-state index contributed by atoms with van der Waals surface area (Å²) in [5.41, 5.74) is 0.536. The number of amides is 1. The van der Waals surface area contributed by atoms with E-state index in [0.29, 0.717) is 5.56 Å². The van der Waals surface area contributed by atoms with Crippen LogP contribution in [0, 0.1) is 0 Å². The van der Waals surface area contributed by atoms with Crippen LogP contribution in [0.5, 0.6) is 0 Å². The van der Waals surface area contributed by atoms with Gasteiger partial charge in [-0.1, -0.05) is 18.2 Å². The minimum Gasteiger partial charge on any atom is -0.359 e. The fourth-order valence-electron chi connectivity index (χ4n) is 1.03. The SMILES string of the molecule is CO[C@H](NC(=O)c1ccccc1)C(Cl)Cl. The zero-order valence-corrected chi connectivity index (χ0v) is 9.63. The van der Waals surface area contributed by atoms with Crippen LogP contribution >= 0.6 is 23.2 Å². The highest BCUT2D eigenvalue weighted by Crippen LogP contribution is 2.09. The average Bonchev–Trinajstić information content (AvgIpc) is 2.26. The second-order valence-corrected chi connectivity index (χ2v) is 3.99. The van der Waals surface area contributed by atoms with Gasteiger partial charge in [-0.05, 0) is 12.1 Å². The summed E-state index contributed by atoms with van der Waals surface area (Å²) in [6.07, 6.45) is -0.707. The summed E-state index contributed by atoms with van der Waals surface area (Å²) in [5, 5.41) is 2.56. The number of alkyl halides is 2. The molecule has 15 heavy (non-hydrogen) atoms. The van der Waals surface area contributed by atoms with E-state index in [1.54, 1.807) is 24.3 Å². The molecule has 3 nitrogen and oxygen atoms in total. The van der Waals surface area contributed by atoms with Gasteiger partial charge < -0.3 is 10.1 Å². The molecule has 0 radical (unpaired) electrons. The highest BCUT2D eigenvalue weighted by Gasteiger charge is 2.18. The molecule has 0 saturated heterocycles. The number of carbonyl (C=O) groups is 1. The monoisotopic (exact) mass is 247 g/mol. The van der Waals surface area contributed by atoms with Crippen molar-refractivity contribution in [1.29, 1.82) is 0 Å². The van der Waals surface area contributed by atoms with Crippen molar-refractivity contribution in [1.82, 2.24) is 5.32 Å². The van der Waals surface area contributed by atoms with Crippen LogP contribution in [0.3, 0.4) is 0 Å². The van der Waals surface area contributed by atoms with Gasteiger partial charge in [-0.25, -0.2) is 0 Å². The molecule has 1 rings (SSSR count). The van der Waals surface area contributed by atoms with Gasteiger partial charge in [0.25, 0.3) is 5.91 Å². The summed E-state index contributed by atoms with van der Waals surface area (Å²) in [5.74, 6) is -0.270. The van der Waals surface area contributed by atoms with E-state index in [4.69, 9.17) is 27.9 Å². The van der Waals surface area contributed by atoms with Gasteiger partial charge in [0.1, 0.15) is 0 Å². The van der Waals surface area contributed by atoms with Crippen LogP contribution in [0.4, 0.5) is 0 Å². The predicted molar refractivity (Wildman–Crippen MR) is 60.2 cm³/mol. The molecule has 5 heteroatoms. The Bertz CT molecular complexity index is 316. The van der Waals surface area contributed by atoms with Crippen molar-refractivity contribution in [2.75, 3.05) is 7.11 Å². The quantitative estimate of drug-likeness (QED) is 0.655. The van der Waals surface area contributed by atoms with Crippen molar-refractivity contribution in [2.45, 2.75) is 11.1 Å². The lowest BCUT2D eigenvalue weighted by Crippen LogP contribution is -2.40. The molecular formula is C10H11Cl2NO2. The van der Waals surface area contributed by atoms with Gasteiger partial charge in [0, 0.05) is 12.7 Å². The predicted octanol–water partition coefficient (Wildman–Crippen LogP) is 2.19. The molecule has 0 aliphatic carbocycles. The number of carbonyl (C=O) groups excluding carboxylic acids is 1. The Kier molecular flexibility index (Phi) is 4.88. The Hall–Kier alpha value is -0.770. The van der Waals surface area contributed by atoms with Crippen LogP contribution in [0.1, 0.15) is 10.4 Å². The van der Waals surface area contributed by atoms with Crippen LogP contribution in [-0.2, 0) is 4.74 Å². The molecule has 1 N–H and O–H groups in total. The molecule has 0 bridgehead atoms. The van der Waals surface area contributed by atoms with E-state index >= 15 is 0 Å². The van der Waals surface area contributed by atoms with E-state index in [-0.39, 0.29) is 5.91 Å². The normalized spacial score (nSPS) is 12.5. The third-order valence-electron chi connectivity index (χ3n) is 1.79. The molecule has 1 atom stereocenters. The second kappa shape index (κ2) is 5.95. The van der Waals surface area contributed by atoms with Crippen molar-refractivity contribution in [3.63, 3.8) is 0 Å². The summed E-state index contributed by atoms with van der Waals surface area (Å²) in [6, 6.07) is 8.76. The fourth-order valence-corrected chi connectivity index (χ4v) is 1.36. The van der Waals surface area contributed by atoms with Crippen LogP contribution in [0.2, 0.25) is 0 Å². The summed E-state index contributed by atoms with van der Waals surface area (Å²) < 4.78 is 4.91. The lowest BCUT2D eigenvalue weighted by molar-refractivity contribution is 0.0636. The van der Waals surface area contributed by atoms with Gasteiger partial charge >= 0.3 is 0 Å². The van der Waals surface area contributed by atoms with E-state index < -0.39 is 11.1 Å². The molecule has 0 unspecified atom stereocenters. The minimum absolute atomic E-state index is 0.270. The van der Waals surface area contributed by atoms with E-state index in [1.165, 1.54) is 7.11 Å². The van der Waals surface area contributed by atoms with Gasteiger partial charge in [-0.3, -0.25) is 4.79 Å². The van der Waals surface area contributed by atoms with E-state index in [0.717, 1.165) is 0 Å². The van der Waals surface area contributed by atoms with Gasteiger partial charge in [-0.15, -0.1) is 23.2 Å². The standard InChI is InChI=1S/C10H11Cl2NO2/c1-15-10(8(11)12)13-9(14)7-5-3-2-4-6-7/h2-6,8,10H,1H3,(H,13,14)/t10-/m0/s1. The molecule has 82 valence electrons. The van der Waals surface area contributed by atoms with Crippen molar-refractivity contribution >= 4 is 29.1 Å². The molecule has 1 amide bonds. The zero-order chi connectivity index (χ0) is 11.3. The highest BCUT2D eigenvalue weighted by atomic mass is 35.5. The number of methoxy groups -OCH3 is 1. The van der Waals surface area contributed by atoms with Crippen LogP contribution in [0.15, 0.2) is 30.3 Å². The number of hydrogen-bond donors (Lipinski definition) is 1. The Morgan fingerprint density at radius 3 is 2.40 bits per heavy atom. The van der Waals surface area contributed by atoms with E-state index in [9.17, 15) is 4.79 Å². The van der Waals surface area contributed by atoms with Gasteiger partial charge in [-0.2, -0.15) is 0 Å². The zero-order valence-electron chi connectivity index (χ0n) is 8.11. The third-order valence-corrected chi connectivity index (χ3v) is 2.25. The maximum Gasteiger partial charge on any atom is 0.253 e. The number of ether oxygens (including phenoxy) is 1. The summed E-state index contributed by atoms with van der Waals surface area (Å²) >= 11 is 11.2. The molecule has 0 spiro atoms. The Morgan fingerprint density at radius 1 is 1.33 bits per heavy atom. The summed E-state index contributed by atoms with van der Waals surface area (Å²) in [4.78, 5) is 10.8.